The molecular formula is C8H12N2O. The molecule has 0 aliphatic carbocycles. The van der Waals surface area contributed by atoms with Crippen molar-refractivity contribution in [3.63, 3.8) is 0 Å². The zero-order chi connectivity index (χ0) is 8.27. The van der Waals surface area contributed by atoms with E-state index in [-0.39, 0.29) is 0 Å². The van der Waals surface area contributed by atoms with Gasteiger partial charge in [0.15, 0.2) is 0 Å². The van der Waals surface area contributed by atoms with Crippen LogP contribution in [0.15, 0.2) is 28.6 Å². The number of hydrogen-bond donors (Lipinski definition) is 1. The van der Waals surface area contributed by atoms with Gasteiger partial charge in [0.2, 0.25) is 0 Å². The minimum absolute atomic E-state index is 0.674. The lowest BCUT2D eigenvalue weighted by atomic mass is 10.2. The Morgan fingerprint density at radius 1 is 1.82 bits per heavy atom. The molecule has 0 saturated carbocycles. The number of methoxy groups -OCH3 is 1. The van der Waals surface area contributed by atoms with Gasteiger partial charge in [0, 0.05) is 0 Å². The fourth-order valence-electron chi connectivity index (χ4n) is 0.945. The van der Waals surface area contributed by atoms with Crippen molar-refractivity contribution in [3.05, 3.63) is 23.6 Å². The average Bonchev–Trinajstić information content (AvgIpc) is 2.50. The van der Waals surface area contributed by atoms with Gasteiger partial charge in [-0.05, 0) is 13.0 Å². The van der Waals surface area contributed by atoms with Gasteiger partial charge in [0.05, 0.1) is 19.4 Å². The van der Waals surface area contributed by atoms with Gasteiger partial charge in [-0.2, -0.15) is 0 Å². The molecule has 0 aromatic carbocycles. The van der Waals surface area contributed by atoms with E-state index >= 15 is 0 Å². The van der Waals surface area contributed by atoms with Crippen LogP contribution in [-0.2, 0) is 4.74 Å². The van der Waals surface area contributed by atoms with Crippen molar-refractivity contribution in [3.8, 4) is 0 Å². The van der Waals surface area contributed by atoms with Gasteiger partial charge < -0.3 is 10.5 Å². The molecule has 2 N–H and O–H groups in total. The van der Waals surface area contributed by atoms with Crippen molar-refractivity contribution in [1.82, 2.24) is 0 Å². The van der Waals surface area contributed by atoms with Gasteiger partial charge in [-0.1, -0.05) is 6.08 Å². The van der Waals surface area contributed by atoms with Crippen LogP contribution in [0.4, 0.5) is 0 Å². The summed E-state index contributed by atoms with van der Waals surface area (Å²) in [6.45, 7) is 2.55. The van der Waals surface area contributed by atoms with E-state index in [0.29, 0.717) is 12.2 Å². The smallest absolute Gasteiger partial charge is 0.144 e. The molecule has 0 amide bonds. The van der Waals surface area contributed by atoms with Crippen molar-refractivity contribution in [2.75, 3.05) is 13.7 Å². The Morgan fingerprint density at radius 3 is 3.09 bits per heavy atom. The molecule has 1 aliphatic heterocycles. The fraction of sp³-hybridized carbons (Fsp3) is 0.375. The molecule has 0 radical (unpaired) electrons. The van der Waals surface area contributed by atoms with Crippen LogP contribution < -0.4 is 5.73 Å². The summed E-state index contributed by atoms with van der Waals surface area (Å²) in [5, 5.41) is 0. The van der Waals surface area contributed by atoms with Gasteiger partial charge in [-0.25, -0.2) is 0 Å². The van der Waals surface area contributed by atoms with Gasteiger partial charge >= 0.3 is 0 Å². The molecule has 0 unspecified atom stereocenters. The molecule has 3 heteroatoms. The van der Waals surface area contributed by atoms with Crippen LogP contribution in [-0.4, -0.2) is 19.4 Å². The molecular weight excluding hydrogens is 140 g/mol. The van der Waals surface area contributed by atoms with E-state index in [9.17, 15) is 0 Å². The van der Waals surface area contributed by atoms with Crippen molar-refractivity contribution in [2.24, 2.45) is 10.7 Å². The van der Waals surface area contributed by atoms with Crippen LogP contribution in [0, 0.1) is 0 Å². The van der Waals surface area contributed by atoms with Crippen LogP contribution in [0.1, 0.15) is 6.92 Å². The summed E-state index contributed by atoms with van der Waals surface area (Å²) >= 11 is 0. The molecule has 0 aromatic heterocycles. The van der Waals surface area contributed by atoms with Crippen LogP contribution in [0.25, 0.3) is 0 Å². The van der Waals surface area contributed by atoms with E-state index in [1.165, 1.54) is 0 Å². The largest absolute Gasteiger partial charge is 0.495 e. The van der Waals surface area contributed by atoms with Crippen molar-refractivity contribution in [2.45, 2.75) is 6.92 Å². The Kier molecular flexibility index (Phi) is 2.31. The summed E-state index contributed by atoms with van der Waals surface area (Å²) in [6, 6.07) is 0. The summed E-state index contributed by atoms with van der Waals surface area (Å²) in [5.41, 5.74) is 7.10. The Balaban J connectivity index is 2.82. The van der Waals surface area contributed by atoms with Gasteiger partial charge in [0.1, 0.15) is 11.5 Å². The molecule has 0 saturated heterocycles. The number of hydrogen-bond acceptors (Lipinski definition) is 3. The maximum Gasteiger partial charge on any atom is 0.144 e. The maximum atomic E-state index is 5.65. The number of ether oxygens (including phenoxy) is 1. The van der Waals surface area contributed by atoms with E-state index < -0.39 is 0 Å². The Hall–Kier alpha value is -1.25. The molecule has 0 atom stereocenters. The summed E-state index contributed by atoms with van der Waals surface area (Å²) in [5.74, 6) is 0.778. The predicted molar refractivity (Wildman–Crippen MR) is 45.3 cm³/mol. The first-order valence-electron chi connectivity index (χ1n) is 3.50. The molecule has 3 nitrogen and oxygen atoms in total. The molecule has 11 heavy (non-hydrogen) atoms. The quantitative estimate of drug-likeness (QED) is 0.637. The monoisotopic (exact) mass is 152 g/mol. The minimum Gasteiger partial charge on any atom is -0.495 e. The highest BCUT2D eigenvalue weighted by molar-refractivity contribution is 6.11. The molecule has 1 heterocycles. The molecule has 0 spiro atoms. The SMILES string of the molecule is C/C=C(\N)C1=NCC=C1OC. The number of rotatable bonds is 2. The summed E-state index contributed by atoms with van der Waals surface area (Å²) in [7, 11) is 1.62. The first kappa shape index (κ1) is 7.85. The second kappa shape index (κ2) is 3.23. The van der Waals surface area contributed by atoms with E-state index in [0.717, 1.165) is 11.5 Å². The third kappa shape index (κ3) is 1.42. The standard InChI is InChI=1S/C8H12N2O/c1-3-6(9)8-7(11-2)4-5-10-8/h3-4H,5,9H2,1-2H3/b6-3-. The van der Waals surface area contributed by atoms with Crippen LogP contribution in [0.2, 0.25) is 0 Å². The molecule has 60 valence electrons. The third-order valence-electron chi connectivity index (χ3n) is 1.56. The van der Waals surface area contributed by atoms with Gasteiger partial charge in [-0.3, -0.25) is 4.99 Å². The maximum absolute atomic E-state index is 5.65. The highest BCUT2D eigenvalue weighted by atomic mass is 16.5. The summed E-state index contributed by atoms with van der Waals surface area (Å²) in [6.07, 6.45) is 3.72. The first-order chi connectivity index (χ1) is 5.29. The van der Waals surface area contributed by atoms with Crippen LogP contribution in [0.5, 0.6) is 0 Å². The van der Waals surface area contributed by atoms with E-state index in [1.807, 2.05) is 19.1 Å². The Labute approximate surface area is 66.3 Å². The first-order valence-corrected chi connectivity index (χ1v) is 3.50. The third-order valence-corrected chi connectivity index (χ3v) is 1.56. The Bertz CT molecular complexity index is 238. The predicted octanol–water partition coefficient (Wildman–Crippen LogP) is 0.834. The molecule has 1 rings (SSSR count). The highest BCUT2D eigenvalue weighted by Gasteiger charge is 2.13. The van der Waals surface area contributed by atoms with Gasteiger partial charge in [-0.15, -0.1) is 0 Å². The second-order valence-electron chi connectivity index (χ2n) is 2.21. The average molecular weight is 152 g/mol. The highest BCUT2D eigenvalue weighted by Crippen LogP contribution is 2.10. The summed E-state index contributed by atoms with van der Waals surface area (Å²) in [4.78, 5) is 4.16. The topological polar surface area (TPSA) is 47.6 Å². The molecule has 1 aliphatic rings. The van der Waals surface area contributed by atoms with Gasteiger partial charge in [0.25, 0.3) is 0 Å². The number of nitrogens with zero attached hydrogens (tertiary/aromatic N) is 1. The number of nitrogens with two attached hydrogens (primary N) is 1. The fourth-order valence-corrected chi connectivity index (χ4v) is 0.945. The zero-order valence-corrected chi connectivity index (χ0v) is 6.79. The number of allylic oxidation sites excluding steroid dienone is 1. The normalized spacial score (nSPS) is 17.8. The van der Waals surface area contributed by atoms with Crippen LogP contribution >= 0.6 is 0 Å². The summed E-state index contributed by atoms with van der Waals surface area (Å²) < 4.78 is 5.06. The lowest BCUT2D eigenvalue weighted by molar-refractivity contribution is 0.316. The zero-order valence-electron chi connectivity index (χ0n) is 6.79. The number of aliphatic imine (C=N–C) groups is 1. The van der Waals surface area contributed by atoms with Crippen molar-refractivity contribution >= 4 is 5.71 Å². The van der Waals surface area contributed by atoms with E-state index in [4.69, 9.17) is 10.5 Å². The van der Waals surface area contributed by atoms with Crippen LogP contribution in [0.3, 0.4) is 0 Å². The minimum atomic E-state index is 0.674. The molecule has 0 fully saturated rings. The lowest BCUT2D eigenvalue weighted by Gasteiger charge is -2.04. The second-order valence-corrected chi connectivity index (χ2v) is 2.21. The lowest BCUT2D eigenvalue weighted by Crippen LogP contribution is -2.12. The Morgan fingerprint density at radius 2 is 2.55 bits per heavy atom. The van der Waals surface area contributed by atoms with E-state index in [2.05, 4.69) is 4.99 Å². The van der Waals surface area contributed by atoms with E-state index in [1.54, 1.807) is 7.11 Å². The van der Waals surface area contributed by atoms with Crippen molar-refractivity contribution in [1.29, 1.82) is 0 Å². The molecule has 0 bridgehead atoms. The molecule has 0 aromatic rings. The van der Waals surface area contributed by atoms with Crippen molar-refractivity contribution < 1.29 is 4.74 Å².